The van der Waals surface area contributed by atoms with Crippen molar-refractivity contribution in [3.63, 3.8) is 0 Å². The predicted molar refractivity (Wildman–Crippen MR) is 82.0 cm³/mol. The molecule has 0 spiro atoms. The van der Waals surface area contributed by atoms with Crippen LogP contribution < -0.4 is 5.32 Å². The second kappa shape index (κ2) is 6.64. The van der Waals surface area contributed by atoms with E-state index >= 15 is 0 Å². The molecule has 120 valence electrons. The summed E-state index contributed by atoms with van der Waals surface area (Å²) in [4.78, 5) is 23.2. The number of rotatable bonds is 7. The molecule has 1 aliphatic rings. The van der Waals surface area contributed by atoms with Crippen LogP contribution in [-0.2, 0) is 4.79 Å². The van der Waals surface area contributed by atoms with Gasteiger partial charge in [-0.15, -0.1) is 0 Å². The minimum absolute atomic E-state index is 0.0218. The van der Waals surface area contributed by atoms with E-state index in [0.29, 0.717) is 12.3 Å². The molecule has 1 fully saturated rings. The summed E-state index contributed by atoms with van der Waals surface area (Å²) in [5.74, 6) is -0.101. The number of carboxylic acids is 1. The Kier molecular flexibility index (Phi) is 4.41. The zero-order valence-corrected chi connectivity index (χ0v) is 12.6. The Bertz CT molecular complexity index is 692. The van der Waals surface area contributed by atoms with E-state index in [-0.39, 0.29) is 24.1 Å². The number of carbonyl (C=O) groups excluding carboxylic acids is 1. The van der Waals surface area contributed by atoms with Gasteiger partial charge in [0.05, 0.1) is 6.04 Å². The first-order valence-corrected chi connectivity index (χ1v) is 7.67. The van der Waals surface area contributed by atoms with Crippen molar-refractivity contribution < 1.29 is 19.2 Å². The van der Waals surface area contributed by atoms with Gasteiger partial charge in [0.15, 0.2) is 5.69 Å². The molecule has 1 amide bonds. The molecular weight excluding hydrogens is 296 g/mol. The number of hydrogen-bond donors (Lipinski definition) is 2. The molecule has 1 aromatic heterocycles. The molecular formula is C17H18N2O4. The molecule has 1 aliphatic carbocycles. The Morgan fingerprint density at radius 1 is 1.30 bits per heavy atom. The highest BCUT2D eigenvalue weighted by Gasteiger charge is 2.29. The van der Waals surface area contributed by atoms with Gasteiger partial charge in [0.25, 0.3) is 5.91 Å². The topological polar surface area (TPSA) is 92.4 Å². The number of amides is 1. The van der Waals surface area contributed by atoms with E-state index in [0.717, 1.165) is 24.2 Å². The third-order valence-electron chi connectivity index (χ3n) is 3.89. The normalized spacial score (nSPS) is 15.1. The summed E-state index contributed by atoms with van der Waals surface area (Å²) in [6.45, 7) is 0. The van der Waals surface area contributed by atoms with Crippen molar-refractivity contribution in [2.75, 3.05) is 0 Å². The SMILES string of the molecule is O=C(O)CCC(NC(=O)c1cc(C2CC2)on1)c1ccccc1. The maximum Gasteiger partial charge on any atom is 0.303 e. The molecule has 2 N–H and O–H groups in total. The molecule has 1 heterocycles. The number of hydrogen-bond acceptors (Lipinski definition) is 4. The third kappa shape index (κ3) is 3.97. The average Bonchev–Trinajstić information content (AvgIpc) is 3.29. The summed E-state index contributed by atoms with van der Waals surface area (Å²) in [7, 11) is 0. The van der Waals surface area contributed by atoms with Gasteiger partial charge in [-0.1, -0.05) is 35.5 Å². The Morgan fingerprint density at radius 3 is 2.70 bits per heavy atom. The van der Waals surface area contributed by atoms with E-state index in [1.54, 1.807) is 6.07 Å². The summed E-state index contributed by atoms with van der Waals surface area (Å²) in [6.07, 6.45) is 2.44. The highest BCUT2D eigenvalue weighted by Crippen LogP contribution is 2.40. The number of carbonyl (C=O) groups is 2. The van der Waals surface area contributed by atoms with Crippen LogP contribution in [0.25, 0.3) is 0 Å². The molecule has 1 saturated carbocycles. The third-order valence-corrected chi connectivity index (χ3v) is 3.89. The summed E-state index contributed by atoms with van der Waals surface area (Å²) >= 11 is 0. The van der Waals surface area contributed by atoms with Crippen LogP contribution in [0.4, 0.5) is 0 Å². The van der Waals surface area contributed by atoms with E-state index in [2.05, 4.69) is 10.5 Å². The number of carboxylic acid groups (broad SMARTS) is 1. The van der Waals surface area contributed by atoms with Crippen LogP contribution in [0.3, 0.4) is 0 Å². The van der Waals surface area contributed by atoms with Crippen LogP contribution in [-0.4, -0.2) is 22.1 Å². The molecule has 0 saturated heterocycles. The van der Waals surface area contributed by atoms with Gasteiger partial charge < -0.3 is 14.9 Å². The van der Waals surface area contributed by atoms with Crippen molar-refractivity contribution in [3.05, 3.63) is 53.4 Å². The molecule has 1 unspecified atom stereocenters. The Morgan fingerprint density at radius 2 is 2.04 bits per heavy atom. The minimum Gasteiger partial charge on any atom is -0.481 e. The van der Waals surface area contributed by atoms with Crippen LogP contribution in [0.1, 0.15) is 59.5 Å². The molecule has 6 nitrogen and oxygen atoms in total. The zero-order chi connectivity index (χ0) is 16.2. The summed E-state index contributed by atoms with van der Waals surface area (Å²) < 4.78 is 5.19. The molecule has 1 atom stereocenters. The van der Waals surface area contributed by atoms with Gasteiger partial charge in [0.2, 0.25) is 0 Å². The van der Waals surface area contributed by atoms with Crippen molar-refractivity contribution in [2.24, 2.45) is 0 Å². The maximum absolute atomic E-state index is 12.3. The smallest absolute Gasteiger partial charge is 0.303 e. The number of aliphatic carboxylic acids is 1. The van der Waals surface area contributed by atoms with Crippen molar-refractivity contribution >= 4 is 11.9 Å². The van der Waals surface area contributed by atoms with Gasteiger partial charge in [0.1, 0.15) is 5.76 Å². The van der Waals surface area contributed by atoms with E-state index in [4.69, 9.17) is 9.63 Å². The van der Waals surface area contributed by atoms with Gasteiger partial charge in [-0.3, -0.25) is 9.59 Å². The first-order chi connectivity index (χ1) is 11.1. The number of nitrogens with one attached hydrogen (secondary N) is 1. The lowest BCUT2D eigenvalue weighted by molar-refractivity contribution is -0.137. The Labute approximate surface area is 133 Å². The van der Waals surface area contributed by atoms with E-state index in [1.165, 1.54) is 0 Å². The molecule has 0 aliphatic heterocycles. The molecule has 1 aromatic carbocycles. The molecule has 0 bridgehead atoms. The molecule has 3 rings (SSSR count). The lowest BCUT2D eigenvalue weighted by atomic mass is 10.0. The first kappa shape index (κ1) is 15.3. The lowest BCUT2D eigenvalue weighted by Gasteiger charge is -2.17. The van der Waals surface area contributed by atoms with Crippen LogP contribution in [0.2, 0.25) is 0 Å². The van der Waals surface area contributed by atoms with Gasteiger partial charge in [-0.25, -0.2) is 0 Å². The predicted octanol–water partition coefficient (Wildman–Crippen LogP) is 2.89. The van der Waals surface area contributed by atoms with E-state index < -0.39 is 5.97 Å². The molecule has 0 radical (unpaired) electrons. The number of benzene rings is 1. The minimum atomic E-state index is -0.891. The second-order valence-electron chi connectivity index (χ2n) is 5.76. The fourth-order valence-corrected chi connectivity index (χ4v) is 2.46. The van der Waals surface area contributed by atoms with Gasteiger partial charge in [-0.2, -0.15) is 0 Å². The van der Waals surface area contributed by atoms with Crippen molar-refractivity contribution in [1.29, 1.82) is 0 Å². The van der Waals surface area contributed by atoms with Gasteiger partial charge in [-0.05, 0) is 24.8 Å². The fourth-order valence-electron chi connectivity index (χ4n) is 2.46. The van der Waals surface area contributed by atoms with Crippen molar-refractivity contribution in [1.82, 2.24) is 10.5 Å². The standard InChI is InChI=1S/C17H18N2O4/c20-16(21)9-8-13(11-4-2-1-3-5-11)18-17(22)14-10-15(23-19-14)12-6-7-12/h1-5,10,12-13H,6-9H2,(H,18,22)(H,20,21). The largest absolute Gasteiger partial charge is 0.481 e. The summed E-state index contributed by atoms with van der Waals surface area (Å²) in [5, 5.41) is 15.6. The highest BCUT2D eigenvalue weighted by molar-refractivity contribution is 5.92. The number of aromatic nitrogens is 1. The highest BCUT2D eigenvalue weighted by atomic mass is 16.5. The fraction of sp³-hybridized carbons (Fsp3) is 0.353. The first-order valence-electron chi connectivity index (χ1n) is 7.67. The van der Waals surface area contributed by atoms with Crippen LogP contribution >= 0.6 is 0 Å². The Balaban J connectivity index is 1.70. The Hall–Kier alpha value is -2.63. The van der Waals surface area contributed by atoms with Crippen molar-refractivity contribution in [3.8, 4) is 0 Å². The van der Waals surface area contributed by atoms with Crippen LogP contribution in [0.15, 0.2) is 40.9 Å². The molecule has 2 aromatic rings. The maximum atomic E-state index is 12.3. The zero-order valence-electron chi connectivity index (χ0n) is 12.6. The van der Waals surface area contributed by atoms with Crippen molar-refractivity contribution in [2.45, 2.75) is 37.6 Å². The molecule has 23 heavy (non-hydrogen) atoms. The quantitative estimate of drug-likeness (QED) is 0.819. The molecule has 6 heteroatoms. The van der Waals surface area contributed by atoms with Crippen LogP contribution in [0, 0.1) is 0 Å². The summed E-state index contributed by atoms with van der Waals surface area (Å²) in [6, 6.07) is 10.6. The average molecular weight is 314 g/mol. The van der Waals surface area contributed by atoms with Gasteiger partial charge in [0, 0.05) is 18.4 Å². The second-order valence-corrected chi connectivity index (χ2v) is 5.76. The number of nitrogens with zero attached hydrogens (tertiary/aromatic N) is 1. The lowest BCUT2D eigenvalue weighted by Crippen LogP contribution is -2.29. The monoisotopic (exact) mass is 314 g/mol. The van der Waals surface area contributed by atoms with Gasteiger partial charge >= 0.3 is 5.97 Å². The van der Waals surface area contributed by atoms with E-state index in [9.17, 15) is 9.59 Å². The van der Waals surface area contributed by atoms with E-state index in [1.807, 2.05) is 30.3 Å². The summed E-state index contributed by atoms with van der Waals surface area (Å²) in [5.41, 5.74) is 1.11. The van der Waals surface area contributed by atoms with Crippen LogP contribution in [0.5, 0.6) is 0 Å².